The van der Waals surface area contributed by atoms with E-state index < -0.39 is 5.60 Å². The number of aliphatic hydroxyl groups is 1. The number of aryl methyl sites for hydroxylation is 1. The smallest absolute Gasteiger partial charge is 0.0845 e. The zero-order valence-electron chi connectivity index (χ0n) is 7.54. The first-order valence-corrected chi connectivity index (χ1v) is 4.32. The fourth-order valence-electron chi connectivity index (χ4n) is 1.28. The molecule has 1 aliphatic carbocycles. The highest BCUT2D eigenvalue weighted by molar-refractivity contribution is 5.14. The summed E-state index contributed by atoms with van der Waals surface area (Å²) in [6, 6.07) is 0. The summed E-state index contributed by atoms with van der Waals surface area (Å²) >= 11 is 0. The van der Waals surface area contributed by atoms with Crippen molar-refractivity contribution in [3.05, 3.63) is 17.5 Å². The van der Waals surface area contributed by atoms with Crippen molar-refractivity contribution >= 4 is 0 Å². The van der Waals surface area contributed by atoms with Crippen LogP contribution in [0.2, 0.25) is 0 Å². The molecule has 1 aromatic heterocycles. The molecule has 1 heterocycles. The molecule has 3 heteroatoms. The quantitative estimate of drug-likeness (QED) is 0.712. The molecule has 1 N–H and O–H groups in total. The SMILES string of the molecule is Cc1cnn(CC2(O)CC2)c1C. The fourth-order valence-corrected chi connectivity index (χ4v) is 1.28. The Labute approximate surface area is 72.0 Å². The number of nitrogens with zero attached hydrogens (tertiary/aromatic N) is 2. The van der Waals surface area contributed by atoms with E-state index in [1.54, 1.807) is 0 Å². The molecule has 2 rings (SSSR count). The minimum atomic E-state index is -0.441. The summed E-state index contributed by atoms with van der Waals surface area (Å²) < 4.78 is 1.89. The Balaban J connectivity index is 2.17. The molecular formula is C9H14N2O. The van der Waals surface area contributed by atoms with Crippen molar-refractivity contribution in [1.82, 2.24) is 9.78 Å². The van der Waals surface area contributed by atoms with Crippen molar-refractivity contribution in [3.63, 3.8) is 0 Å². The molecule has 0 bridgehead atoms. The molecule has 3 nitrogen and oxygen atoms in total. The summed E-state index contributed by atoms with van der Waals surface area (Å²) in [5, 5.41) is 13.9. The third kappa shape index (κ3) is 1.25. The molecule has 0 radical (unpaired) electrons. The first kappa shape index (κ1) is 7.80. The second-order valence-corrected chi connectivity index (χ2v) is 3.79. The Bertz CT molecular complexity index is 299. The van der Waals surface area contributed by atoms with Crippen LogP contribution in [0.15, 0.2) is 6.20 Å². The van der Waals surface area contributed by atoms with Crippen molar-refractivity contribution in [1.29, 1.82) is 0 Å². The van der Waals surface area contributed by atoms with E-state index in [-0.39, 0.29) is 0 Å². The maximum Gasteiger partial charge on any atom is 0.0845 e. The predicted molar refractivity (Wildman–Crippen MR) is 45.9 cm³/mol. The summed E-state index contributed by atoms with van der Waals surface area (Å²) in [6.07, 6.45) is 3.69. The van der Waals surface area contributed by atoms with Gasteiger partial charge in [-0.25, -0.2) is 0 Å². The summed E-state index contributed by atoms with van der Waals surface area (Å²) in [5.74, 6) is 0. The van der Waals surface area contributed by atoms with Crippen LogP contribution in [-0.4, -0.2) is 20.5 Å². The molecule has 0 unspecified atom stereocenters. The van der Waals surface area contributed by atoms with Crippen LogP contribution in [0, 0.1) is 13.8 Å². The molecule has 1 aliphatic rings. The zero-order valence-corrected chi connectivity index (χ0v) is 7.54. The topological polar surface area (TPSA) is 38.0 Å². The molecule has 0 saturated heterocycles. The second kappa shape index (κ2) is 2.33. The van der Waals surface area contributed by atoms with Crippen molar-refractivity contribution in [2.45, 2.75) is 38.8 Å². The molecule has 66 valence electrons. The molecule has 1 aromatic rings. The van der Waals surface area contributed by atoms with Gasteiger partial charge >= 0.3 is 0 Å². The van der Waals surface area contributed by atoms with Crippen LogP contribution in [-0.2, 0) is 6.54 Å². The van der Waals surface area contributed by atoms with Crippen molar-refractivity contribution in [2.24, 2.45) is 0 Å². The molecular weight excluding hydrogens is 152 g/mol. The minimum absolute atomic E-state index is 0.441. The maximum absolute atomic E-state index is 9.66. The minimum Gasteiger partial charge on any atom is -0.388 e. The lowest BCUT2D eigenvalue weighted by atomic mass is 10.3. The number of rotatable bonds is 2. The molecule has 1 saturated carbocycles. The van der Waals surface area contributed by atoms with Crippen LogP contribution >= 0.6 is 0 Å². The molecule has 0 atom stereocenters. The Morgan fingerprint density at radius 1 is 1.58 bits per heavy atom. The van der Waals surface area contributed by atoms with E-state index in [2.05, 4.69) is 5.10 Å². The van der Waals surface area contributed by atoms with Gasteiger partial charge in [0.25, 0.3) is 0 Å². The van der Waals surface area contributed by atoms with E-state index in [0.29, 0.717) is 6.54 Å². The Morgan fingerprint density at radius 3 is 2.67 bits per heavy atom. The van der Waals surface area contributed by atoms with E-state index in [1.165, 1.54) is 5.56 Å². The second-order valence-electron chi connectivity index (χ2n) is 3.79. The van der Waals surface area contributed by atoms with E-state index >= 15 is 0 Å². The van der Waals surface area contributed by atoms with Crippen LogP contribution in [0.25, 0.3) is 0 Å². The molecule has 0 amide bonds. The van der Waals surface area contributed by atoms with Gasteiger partial charge in [-0.2, -0.15) is 5.10 Å². The van der Waals surface area contributed by atoms with Gasteiger partial charge in [0.2, 0.25) is 0 Å². The van der Waals surface area contributed by atoms with Gasteiger partial charge in [0.1, 0.15) is 0 Å². The average Bonchev–Trinajstić information content (AvgIpc) is 2.68. The summed E-state index contributed by atoms with van der Waals surface area (Å²) in [4.78, 5) is 0. The van der Waals surface area contributed by atoms with Gasteiger partial charge in [-0.1, -0.05) is 0 Å². The normalized spacial score (nSPS) is 19.6. The summed E-state index contributed by atoms with van der Waals surface area (Å²) in [7, 11) is 0. The number of hydrogen-bond donors (Lipinski definition) is 1. The van der Waals surface area contributed by atoms with Gasteiger partial charge in [0, 0.05) is 5.69 Å². The lowest BCUT2D eigenvalue weighted by Crippen LogP contribution is -2.18. The maximum atomic E-state index is 9.66. The Hall–Kier alpha value is -0.830. The van der Waals surface area contributed by atoms with Crippen LogP contribution in [0.4, 0.5) is 0 Å². The van der Waals surface area contributed by atoms with Crippen molar-refractivity contribution in [3.8, 4) is 0 Å². The number of hydrogen-bond acceptors (Lipinski definition) is 2. The van der Waals surface area contributed by atoms with Gasteiger partial charge in [0.15, 0.2) is 0 Å². The first-order valence-electron chi connectivity index (χ1n) is 4.32. The molecule has 0 spiro atoms. The lowest BCUT2D eigenvalue weighted by Gasteiger charge is -2.09. The van der Waals surface area contributed by atoms with Crippen LogP contribution in [0.3, 0.4) is 0 Å². The average molecular weight is 166 g/mol. The standard InChI is InChI=1S/C9H14N2O/c1-7-5-10-11(8(7)2)6-9(12)3-4-9/h5,12H,3-4,6H2,1-2H3. The van der Waals surface area contributed by atoms with Crippen LogP contribution < -0.4 is 0 Å². The van der Waals surface area contributed by atoms with Crippen molar-refractivity contribution < 1.29 is 5.11 Å². The van der Waals surface area contributed by atoms with Gasteiger partial charge < -0.3 is 5.11 Å². The monoisotopic (exact) mass is 166 g/mol. The highest BCUT2D eigenvalue weighted by Crippen LogP contribution is 2.36. The zero-order chi connectivity index (χ0) is 8.77. The van der Waals surface area contributed by atoms with Gasteiger partial charge in [-0.3, -0.25) is 4.68 Å². The van der Waals surface area contributed by atoms with Gasteiger partial charge in [-0.15, -0.1) is 0 Å². The summed E-state index contributed by atoms with van der Waals surface area (Å²) in [5.41, 5.74) is 1.91. The molecule has 0 aliphatic heterocycles. The van der Waals surface area contributed by atoms with E-state index in [1.807, 2.05) is 24.7 Å². The van der Waals surface area contributed by atoms with E-state index in [4.69, 9.17) is 0 Å². The summed E-state index contributed by atoms with van der Waals surface area (Å²) in [6.45, 7) is 4.73. The number of aromatic nitrogens is 2. The van der Waals surface area contributed by atoms with Gasteiger partial charge in [-0.05, 0) is 32.3 Å². The predicted octanol–water partition coefficient (Wildman–Crippen LogP) is 1.02. The molecule has 12 heavy (non-hydrogen) atoms. The van der Waals surface area contributed by atoms with Crippen molar-refractivity contribution in [2.75, 3.05) is 0 Å². The molecule has 0 aromatic carbocycles. The Morgan fingerprint density at radius 2 is 2.25 bits per heavy atom. The lowest BCUT2D eigenvalue weighted by molar-refractivity contribution is 0.124. The van der Waals surface area contributed by atoms with E-state index in [0.717, 1.165) is 18.5 Å². The fraction of sp³-hybridized carbons (Fsp3) is 0.667. The van der Waals surface area contributed by atoms with E-state index in [9.17, 15) is 5.11 Å². The highest BCUT2D eigenvalue weighted by Gasteiger charge is 2.41. The first-order chi connectivity index (χ1) is 5.61. The third-order valence-corrected chi connectivity index (χ3v) is 2.62. The Kier molecular flexibility index (Phi) is 1.51. The molecule has 1 fully saturated rings. The third-order valence-electron chi connectivity index (χ3n) is 2.62. The largest absolute Gasteiger partial charge is 0.388 e. The van der Waals surface area contributed by atoms with Crippen LogP contribution in [0.1, 0.15) is 24.1 Å². The highest BCUT2D eigenvalue weighted by atomic mass is 16.3. The van der Waals surface area contributed by atoms with Crippen LogP contribution in [0.5, 0.6) is 0 Å². The van der Waals surface area contributed by atoms with Gasteiger partial charge in [0.05, 0.1) is 18.3 Å².